The minimum atomic E-state index is -0.752. The van der Waals surface area contributed by atoms with Gasteiger partial charge in [-0.25, -0.2) is 0 Å². The molecule has 0 radical (unpaired) electrons. The highest BCUT2D eigenvalue weighted by atomic mass is 16.5. The molecule has 0 N–H and O–H groups in total. The van der Waals surface area contributed by atoms with Gasteiger partial charge in [0, 0.05) is 11.1 Å². The third-order valence-electron chi connectivity index (χ3n) is 7.14. The van der Waals surface area contributed by atoms with Crippen molar-refractivity contribution in [1.82, 2.24) is 0 Å². The summed E-state index contributed by atoms with van der Waals surface area (Å²) in [6, 6.07) is 25.3. The lowest BCUT2D eigenvalue weighted by atomic mass is 9.77. The number of benzene rings is 3. The summed E-state index contributed by atoms with van der Waals surface area (Å²) in [6.45, 7) is 0.657. The van der Waals surface area contributed by atoms with Crippen LogP contribution >= 0.6 is 0 Å². The molecular formula is C28H27NO3. The smallest absolute Gasteiger partial charge is 0.296 e. The Morgan fingerprint density at radius 1 is 0.938 bits per heavy atom. The van der Waals surface area contributed by atoms with Crippen molar-refractivity contribution >= 4 is 5.91 Å². The number of hydrogen-bond donors (Lipinski definition) is 0. The van der Waals surface area contributed by atoms with E-state index in [2.05, 4.69) is 59.8 Å². The number of nitrogens with zero attached hydrogens (tertiary/aromatic N) is 1. The highest BCUT2D eigenvalue weighted by Gasteiger charge is 2.44. The molecule has 1 fully saturated rings. The predicted molar refractivity (Wildman–Crippen MR) is 126 cm³/mol. The molecule has 2 aliphatic rings. The SMILES string of the molecule is O=NC(=O)C1(c2ccc3c(c2)OCC(Cc2ccc(-c4ccccc4)cc2)C3)CCCC1. The van der Waals surface area contributed by atoms with Crippen LogP contribution in [0.2, 0.25) is 0 Å². The van der Waals surface area contributed by atoms with E-state index in [4.69, 9.17) is 4.74 Å². The van der Waals surface area contributed by atoms with Crippen LogP contribution in [-0.2, 0) is 23.1 Å². The molecule has 0 saturated heterocycles. The summed E-state index contributed by atoms with van der Waals surface area (Å²) in [5.74, 6) is 0.723. The zero-order valence-electron chi connectivity index (χ0n) is 18.1. The van der Waals surface area contributed by atoms with E-state index >= 15 is 0 Å². The zero-order valence-corrected chi connectivity index (χ0v) is 18.1. The molecule has 1 aliphatic heterocycles. The maximum Gasteiger partial charge on any atom is 0.296 e. The number of hydrogen-bond acceptors (Lipinski definition) is 3. The molecule has 0 aromatic heterocycles. The Bertz CT molecular complexity index is 1120. The normalized spacial score (nSPS) is 19.1. The first-order valence-electron chi connectivity index (χ1n) is 11.5. The van der Waals surface area contributed by atoms with Gasteiger partial charge in [-0.15, -0.1) is 4.91 Å². The molecule has 1 aliphatic carbocycles. The summed E-state index contributed by atoms with van der Waals surface area (Å²) in [7, 11) is 0. The Morgan fingerprint density at radius 2 is 1.66 bits per heavy atom. The Kier molecular flexibility index (Phi) is 5.60. The fourth-order valence-corrected chi connectivity index (χ4v) is 5.35. The van der Waals surface area contributed by atoms with Crippen LogP contribution in [-0.4, -0.2) is 12.5 Å². The topological polar surface area (TPSA) is 55.7 Å². The van der Waals surface area contributed by atoms with Crippen LogP contribution in [0.4, 0.5) is 0 Å². The number of rotatable bonds is 5. The van der Waals surface area contributed by atoms with E-state index in [1.165, 1.54) is 22.3 Å². The van der Waals surface area contributed by atoms with Crippen LogP contribution in [0.1, 0.15) is 42.4 Å². The van der Waals surface area contributed by atoms with Crippen molar-refractivity contribution in [3.63, 3.8) is 0 Å². The Hall–Kier alpha value is -3.27. The van der Waals surface area contributed by atoms with Crippen molar-refractivity contribution in [2.75, 3.05) is 6.61 Å². The molecule has 1 atom stereocenters. The van der Waals surface area contributed by atoms with Gasteiger partial charge in [0.25, 0.3) is 5.91 Å². The lowest BCUT2D eigenvalue weighted by Crippen LogP contribution is -2.32. The molecule has 32 heavy (non-hydrogen) atoms. The molecular weight excluding hydrogens is 398 g/mol. The van der Waals surface area contributed by atoms with Gasteiger partial charge in [-0.05, 0) is 59.6 Å². The Morgan fingerprint density at radius 3 is 2.38 bits per heavy atom. The molecule has 5 rings (SSSR count). The van der Waals surface area contributed by atoms with Gasteiger partial charge in [0.15, 0.2) is 0 Å². The minimum Gasteiger partial charge on any atom is -0.493 e. The van der Waals surface area contributed by atoms with Gasteiger partial charge >= 0.3 is 0 Å². The van der Waals surface area contributed by atoms with E-state index in [0.29, 0.717) is 25.4 Å². The molecule has 1 unspecified atom stereocenters. The summed E-state index contributed by atoms with van der Waals surface area (Å²) < 4.78 is 6.14. The van der Waals surface area contributed by atoms with Crippen molar-refractivity contribution in [2.45, 2.75) is 43.9 Å². The molecule has 1 heterocycles. The van der Waals surface area contributed by atoms with Gasteiger partial charge in [-0.2, -0.15) is 0 Å². The molecule has 4 heteroatoms. The van der Waals surface area contributed by atoms with Crippen molar-refractivity contribution in [3.8, 4) is 16.9 Å². The maximum absolute atomic E-state index is 12.4. The first-order valence-corrected chi connectivity index (χ1v) is 11.5. The first kappa shape index (κ1) is 20.6. The second kappa shape index (κ2) is 8.70. The summed E-state index contributed by atoms with van der Waals surface area (Å²) in [4.78, 5) is 23.4. The van der Waals surface area contributed by atoms with Crippen molar-refractivity contribution in [2.24, 2.45) is 11.1 Å². The van der Waals surface area contributed by atoms with Gasteiger partial charge in [0.05, 0.1) is 12.0 Å². The standard InChI is InChI=1S/C28H27NO3/c30-27(29-31)28(14-4-5-15-28)25-13-12-24-17-21(19-32-26(24)18-25)16-20-8-10-23(11-9-20)22-6-2-1-3-7-22/h1-3,6-13,18,21H,4-5,14-17,19H2. The Labute approximate surface area is 188 Å². The molecule has 3 aromatic rings. The highest BCUT2D eigenvalue weighted by molar-refractivity contribution is 5.89. The van der Waals surface area contributed by atoms with Crippen LogP contribution in [0.3, 0.4) is 0 Å². The number of nitroso groups, excluding NO2 is 1. The van der Waals surface area contributed by atoms with E-state index in [-0.39, 0.29) is 0 Å². The number of carbonyl (C=O) groups is 1. The molecule has 3 aromatic carbocycles. The lowest BCUT2D eigenvalue weighted by molar-refractivity contribution is -0.123. The van der Waals surface area contributed by atoms with Gasteiger partial charge < -0.3 is 4.74 Å². The van der Waals surface area contributed by atoms with Crippen LogP contribution in [0.25, 0.3) is 11.1 Å². The average molecular weight is 426 g/mol. The number of ether oxygens (including phenoxy) is 1. The van der Waals surface area contributed by atoms with Crippen LogP contribution in [0, 0.1) is 10.8 Å². The fourth-order valence-electron chi connectivity index (χ4n) is 5.35. The van der Waals surface area contributed by atoms with Crippen LogP contribution in [0.15, 0.2) is 78.0 Å². The molecule has 162 valence electrons. The second-order valence-electron chi connectivity index (χ2n) is 9.16. The van der Waals surface area contributed by atoms with Crippen molar-refractivity contribution in [1.29, 1.82) is 0 Å². The summed E-state index contributed by atoms with van der Waals surface area (Å²) in [6.07, 6.45) is 5.20. The van der Waals surface area contributed by atoms with Crippen molar-refractivity contribution < 1.29 is 9.53 Å². The van der Waals surface area contributed by atoms with Gasteiger partial charge in [-0.3, -0.25) is 4.79 Å². The summed E-state index contributed by atoms with van der Waals surface area (Å²) in [5, 5.41) is 2.79. The first-order chi connectivity index (χ1) is 15.7. The molecule has 1 amide bonds. The van der Waals surface area contributed by atoms with E-state index in [1.54, 1.807) is 0 Å². The summed E-state index contributed by atoms with van der Waals surface area (Å²) in [5.41, 5.74) is 5.07. The monoisotopic (exact) mass is 425 g/mol. The largest absolute Gasteiger partial charge is 0.493 e. The van der Waals surface area contributed by atoms with Gasteiger partial charge in [-0.1, -0.05) is 79.6 Å². The molecule has 0 bridgehead atoms. The summed E-state index contributed by atoms with van der Waals surface area (Å²) >= 11 is 0. The lowest BCUT2D eigenvalue weighted by Gasteiger charge is -2.29. The quantitative estimate of drug-likeness (QED) is 0.454. The number of carbonyl (C=O) groups excluding carboxylic acids is 1. The Balaban J connectivity index is 1.29. The third-order valence-corrected chi connectivity index (χ3v) is 7.14. The zero-order chi connectivity index (χ0) is 22.0. The minimum absolute atomic E-state index is 0.412. The van der Waals surface area contributed by atoms with Crippen molar-refractivity contribution in [3.05, 3.63) is 94.4 Å². The maximum atomic E-state index is 12.4. The van der Waals surface area contributed by atoms with E-state index in [1.807, 2.05) is 18.2 Å². The number of fused-ring (bicyclic) bond motifs is 1. The van der Waals surface area contributed by atoms with Gasteiger partial charge in [0.1, 0.15) is 5.75 Å². The third kappa shape index (κ3) is 3.86. The average Bonchev–Trinajstić information content (AvgIpc) is 3.35. The van der Waals surface area contributed by atoms with E-state index in [9.17, 15) is 9.70 Å². The highest BCUT2D eigenvalue weighted by Crippen LogP contribution is 2.44. The molecule has 0 spiro atoms. The van der Waals surface area contributed by atoms with E-state index in [0.717, 1.165) is 37.0 Å². The number of amides is 1. The predicted octanol–water partition coefficient (Wildman–Crippen LogP) is 6.25. The second-order valence-corrected chi connectivity index (χ2v) is 9.16. The van der Waals surface area contributed by atoms with Crippen LogP contribution < -0.4 is 4.74 Å². The van der Waals surface area contributed by atoms with Crippen LogP contribution in [0.5, 0.6) is 5.75 Å². The van der Waals surface area contributed by atoms with Gasteiger partial charge in [0.2, 0.25) is 0 Å². The molecule has 4 nitrogen and oxygen atoms in total. The van der Waals surface area contributed by atoms with E-state index < -0.39 is 11.3 Å². The molecule has 1 saturated carbocycles. The fraction of sp³-hybridized carbons (Fsp3) is 0.321.